The molecule has 0 spiro atoms. The van der Waals surface area contributed by atoms with Gasteiger partial charge in [-0.1, -0.05) is 0 Å². The van der Waals surface area contributed by atoms with Gasteiger partial charge in [-0.3, -0.25) is 0 Å². The van der Waals surface area contributed by atoms with Crippen molar-refractivity contribution in [3.63, 3.8) is 0 Å². The molecule has 0 amide bonds. The first-order chi connectivity index (χ1) is 15.9. The Balaban J connectivity index is 1.68. The Bertz CT molecular complexity index is 589. The summed E-state index contributed by atoms with van der Waals surface area (Å²) in [5.41, 5.74) is 0. The average Bonchev–Trinajstić information content (AvgIpc) is 3.02. The third-order valence-electron chi connectivity index (χ3n) is 6.29. The van der Waals surface area contributed by atoms with Gasteiger partial charge in [-0.05, 0) is 6.92 Å². The van der Waals surface area contributed by atoms with Crippen molar-refractivity contribution in [2.45, 2.75) is 98.9 Å². The number of hydrogen-bond acceptors (Lipinski definition) is 15. The highest BCUT2D eigenvalue weighted by atomic mass is 16.7. The van der Waals surface area contributed by atoms with E-state index >= 15 is 0 Å². The minimum Gasteiger partial charge on any atom is -0.388 e. The highest BCUT2D eigenvalue weighted by Gasteiger charge is 2.47. The van der Waals surface area contributed by atoms with Crippen LogP contribution in [0.5, 0.6) is 0 Å². The lowest BCUT2D eigenvalue weighted by Crippen LogP contribution is -2.52. The van der Waals surface area contributed by atoms with Gasteiger partial charge < -0.3 is 74.7 Å². The average molecular weight is 502 g/mol. The zero-order valence-corrected chi connectivity index (χ0v) is 18.3. The quantitative estimate of drug-likeness (QED) is 0.172. The van der Waals surface area contributed by atoms with Gasteiger partial charge in [-0.15, -0.1) is 0 Å². The first-order valence-corrected chi connectivity index (χ1v) is 10.9. The Morgan fingerprint density at radius 3 is 1.41 bits per heavy atom. The van der Waals surface area contributed by atoms with Crippen molar-refractivity contribution in [3.05, 3.63) is 0 Å². The maximum absolute atomic E-state index is 10.5. The highest BCUT2D eigenvalue weighted by molar-refractivity contribution is 4.92. The summed E-state index contributed by atoms with van der Waals surface area (Å²) in [4.78, 5) is 0. The molecule has 3 saturated heterocycles. The zero-order chi connectivity index (χ0) is 25.3. The molecule has 15 heteroatoms. The molecule has 200 valence electrons. The fourth-order valence-corrected chi connectivity index (χ4v) is 3.92. The van der Waals surface area contributed by atoms with E-state index in [-0.39, 0.29) is 6.61 Å². The van der Waals surface area contributed by atoms with E-state index in [0.717, 1.165) is 0 Å². The van der Waals surface area contributed by atoms with E-state index in [1.54, 1.807) is 0 Å². The Kier molecular flexibility index (Phi) is 9.57. The monoisotopic (exact) mass is 502 g/mol. The molecule has 0 aromatic carbocycles. The summed E-state index contributed by atoms with van der Waals surface area (Å²) in [5.74, 6) is 0. The topological polar surface area (TPSA) is 248 Å². The molecule has 3 aliphatic rings. The van der Waals surface area contributed by atoms with Crippen LogP contribution in [-0.2, 0) is 23.7 Å². The fraction of sp³-hybridized carbons (Fsp3) is 1.00. The molecule has 3 rings (SSSR count). The first-order valence-electron chi connectivity index (χ1n) is 10.9. The van der Waals surface area contributed by atoms with E-state index in [2.05, 4.69) is 0 Å². The molecule has 3 heterocycles. The molecule has 0 aromatic rings. The summed E-state index contributed by atoms with van der Waals surface area (Å²) in [6.07, 6.45) is -24.1. The summed E-state index contributed by atoms with van der Waals surface area (Å²) in [7, 11) is 0. The SMILES string of the molecule is C[C@H]1OC[C@@H](O[C@H]2OC[C@@H](O[C@H]3OCC(O)[C@@H](O)[C@H](O)[C@@H]3O)[C@@H](O)[C@H](O)[C@@H]2O)[C@@H](O)[C@H](O)[C@@H]1O. The molecule has 0 bridgehead atoms. The Morgan fingerprint density at radius 1 is 0.471 bits per heavy atom. The molecule has 10 N–H and O–H groups in total. The van der Waals surface area contributed by atoms with Crippen LogP contribution in [0.3, 0.4) is 0 Å². The van der Waals surface area contributed by atoms with Crippen molar-refractivity contribution in [2.75, 3.05) is 19.8 Å². The van der Waals surface area contributed by atoms with Gasteiger partial charge in [0.2, 0.25) is 0 Å². The van der Waals surface area contributed by atoms with Gasteiger partial charge in [0, 0.05) is 0 Å². The van der Waals surface area contributed by atoms with Crippen LogP contribution in [0.4, 0.5) is 0 Å². The summed E-state index contributed by atoms with van der Waals surface area (Å²) in [5, 5.41) is 101. The van der Waals surface area contributed by atoms with Crippen molar-refractivity contribution < 1.29 is 74.7 Å². The van der Waals surface area contributed by atoms with Crippen molar-refractivity contribution in [2.24, 2.45) is 0 Å². The molecule has 0 radical (unpaired) electrons. The number of aliphatic hydroxyl groups excluding tert-OH is 10. The molecule has 0 saturated carbocycles. The molecule has 1 unspecified atom stereocenters. The van der Waals surface area contributed by atoms with E-state index in [0.29, 0.717) is 0 Å². The molecule has 0 aliphatic carbocycles. The molecular weight excluding hydrogens is 468 g/mol. The lowest BCUT2D eigenvalue weighted by molar-refractivity contribution is -0.263. The van der Waals surface area contributed by atoms with E-state index in [1.807, 2.05) is 0 Å². The number of hydrogen-bond donors (Lipinski definition) is 10. The van der Waals surface area contributed by atoms with Crippen molar-refractivity contribution in [3.8, 4) is 0 Å². The fourth-order valence-electron chi connectivity index (χ4n) is 3.92. The first kappa shape index (κ1) is 28.0. The van der Waals surface area contributed by atoms with Crippen LogP contribution in [0.15, 0.2) is 0 Å². The van der Waals surface area contributed by atoms with Crippen LogP contribution in [0.1, 0.15) is 6.92 Å². The van der Waals surface area contributed by atoms with Crippen LogP contribution in [-0.4, -0.2) is 163 Å². The van der Waals surface area contributed by atoms with Gasteiger partial charge in [-0.2, -0.15) is 0 Å². The second-order valence-corrected chi connectivity index (χ2v) is 8.77. The summed E-state index contributed by atoms with van der Waals surface area (Å²) >= 11 is 0. The maximum atomic E-state index is 10.5. The minimum atomic E-state index is -1.92. The predicted octanol–water partition coefficient (Wildman–Crippen LogP) is -6.50. The summed E-state index contributed by atoms with van der Waals surface area (Å²) < 4.78 is 26.8. The third-order valence-corrected chi connectivity index (χ3v) is 6.29. The second kappa shape index (κ2) is 11.6. The molecule has 34 heavy (non-hydrogen) atoms. The van der Waals surface area contributed by atoms with Crippen LogP contribution < -0.4 is 0 Å². The van der Waals surface area contributed by atoms with Gasteiger partial charge in [-0.25, -0.2) is 0 Å². The minimum absolute atomic E-state index is 0.299. The maximum Gasteiger partial charge on any atom is 0.186 e. The second-order valence-electron chi connectivity index (χ2n) is 8.77. The summed E-state index contributed by atoms with van der Waals surface area (Å²) in [6.45, 7) is 0.110. The normalized spacial score (nSPS) is 53.6. The molecule has 15 atom stereocenters. The number of ether oxygens (including phenoxy) is 5. The molecule has 3 aliphatic heterocycles. The largest absolute Gasteiger partial charge is 0.388 e. The van der Waals surface area contributed by atoms with Crippen LogP contribution in [0.25, 0.3) is 0 Å². The Morgan fingerprint density at radius 2 is 0.882 bits per heavy atom. The van der Waals surface area contributed by atoms with E-state index in [1.165, 1.54) is 6.92 Å². The summed E-state index contributed by atoms with van der Waals surface area (Å²) in [6, 6.07) is 0. The van der Waals surface area contributed by atoms with Gasteiger partial charge in [0.25, 0.3) is 0 Å². The zero-order valence-electron chi connectivity index (χ0n) is 18.3. The number of rotatable bonds is 4. The van der Waals surface area contributed by atoms with Crippen molar-refractivity contribution in [1.29, 1.82) is 0 Å². The smallest absolute Gasteiger partial charge is 0.186 e. The Hall–Kier alpha value is -0.600. The predicted molar refractivity (Wildman–Crippen MR) is 105 cm³/mol. The van der Waals surface area contributed by atoms with Gasteiger partial charge in [0.1, 0.15) is 73.2 Å². The van der Waals surface area contributed by atoms with Crippen LogP contribution in [0.2, 0.25) is 0 Å². The molecule has 0 aromatic heterocycles. The third kappa shape index (κ3) is 5.86. The molecule has 15 nitrogen and oxygen atoms in total. The van der Waals surface area contributed by atoms with Gasteiger partial charge >= 0.3 is 0 Å². The lowest BCUT2D eigenvalue weighted by Gasteiger charge is -2.31. The van der Waals surface area contributed by atoms with Gasteiger partial charge in [0.15, 0.2) is 12.6 Å². The molecule has 3 fully saturated rings. The van der Waals surface area contributed by atoms with Gasteiger partial charge in [0.05, 0.1) is 25.9 Å². The Labute approximate surface area is 194 Å². The lowest BCUT2D eigenvalue weighted by atomic mass is 10.0. The van der Waals surface area contributed by atoms with E-state index in [4.69, 9.17) is 23.7 Å². The van der Waals surface area contributed by atoms with Crippen LogP contribution >= 0.6 is 0 Å². The standard InChI is InChI=1S/C19H34O15/c1-5-9(21)13(25)11(23)7(3-30-5)33-19-17(29)15(27)12(24)8(4-32-19)34-18-16(28)14(26)10(22)6(20)2-31-18/h5-29H,2-4H2,1H3/t5-,6?,7-,8-,9-,10-,11-,12-,13-,14+,15+,16+,17+,18-,19-/m1/s1. The number of aliphatic hydroxyl groups is 10. The van der Waals surface area contributed by atoms with E-state index in [9.17, 15) is 51.1 Å². The van der Waals surface area contributed by atoms with Crippen LogP contribution in [0, 0.1) is 0 Å². The highest BCUT2D eigenvalue weighted by Crippen LogP contribution is 2.26. The van der Waals surface area contributed by atoms with Crippen molar-refractivity contribution in [1.82, 2.24) is 0 Å². The van der Waals surface area contributed by atoms with Crippen molar-refractivity contribution >= 4 is 0 Å². The molecular formula is C19H34O15. The van der Waals surface area contributed by atoms with E-state index < -0.39 is 105 Å².